The van der Waals surface area contributed by atoms with Gasteiger partial charge in [-0.25, -0.2) is 0 Å². The summed E-state index contributed by atoms with van der Waals surface area (Å²) < 4.78 is 7.07. The molecule has 1 unspecified atom stereocenters. The van der Waals surface area contributed by atoms with Gasteiger partial charge in [0.25, 0.3) is 0 Å². The van der Waals surface area contributed by atoms with Gasteiger partial charge in [0.15, 0.2) is 0 Å². The van der Waals surface area contributed by atoms with E-state index in [1.165, 1.54) is 5.56 Å². The molecule has 0 aromatic heterocycles. The molecule has 98 valence electrons. The molecule has 3 rings (SSSR count). The summed E-state index contributed by atoms with van der Waals surface area (Å²) >= 11 is 3.54. The second-order valence-corrected chi connectivity index (χ2v) is 5.76. The Hall–Kier alpha value is -1.32. The number of rotatable bonds is 1. The van der Waals surface area contributed by atoms with Crippen LogP contribution in [-0.2, 0) is 0 Å². The van der Waals surface area contributed by atoms with Crippen LogP contribution in [0.15, 0.2) is 46.9 Å². The van der Waals surface area contributed by atoms with Crippen molar-refractivity contribution in [3.8, 4) is 5.75 Å². The molecule has 1 N–H and O–H groups in total. The van der Waals surface area contributed by atoms with E-state index in [9.17, 15) is 5.11 Å². The highest BCUT2D eigenvalue weighted by Crippen LogP contribution is 2.41. The van der Waals surface area contributed by atoms with Crippen LogP contribution in [0.4, 0.5) is 0 Å². The molecule has 1 aliphatic rings. The van der Waals surface area contributed by atoms with E-state index >= 15 is 0 Å². The zero-order valence-corrected chi connectivity index (χ0v) is 12.2. The zero-order valence-electron chi connectivity index (χ0n) is 10.6. The van der Waals surface area contributed by atoms with Crippen LogP contribution in [0.5, 0.6) is 5.75 Å². The third-order valence-electron chi connectivity index (χ3n) is 3.55. The molecule has 0 amide bonds. The lowest BCUT2D eigenvalue weighted by Gasteiger charge is -2.30. The van der Waals surface area contributed by atoms with Gasteiger partial charge in [-0.2, -0.15) is 0 Å². The molecule has 2 nitrogen and oxygen atoms in total. The molecule has 2 aromatic carbocycles. The molecular formula is C16H15BrO2. The van der Waals surface area contributed by atoms with Crippen LogP contribution < -0.4 is 4.74 Å². The van der Waals surface area contributed by atoms with Crippen molar-refractivity contribution in [3.63, 3.8) is 0 Å². The number of hydrogen-bond donors (Lipinski definition) is 1. The van der Waals surface area contributed by atoms with E-state index in [4.69, 9.17) is 4.74 Å². The number of halogens is 1. The fourth-order valence-corrected chi connectivity index (χ4v) is 2.80. The van der Waals surface area contributed by atoms with Gasteiger partial charge in [0.2, 0.25) is 0 Å². The third-order valence-corrected chi connectivity index (χ3v) is 4.41. The van der Waals surface area contributed by atoms with Crippen LogP contribution in [0.3, 0.4) is 0 Å². The smallest absolute Gasteiger partial charge is 0.127 e. The lowest BCUT2D eigenvalue weighted by atomic mass is 9.95. The Balaban J connectivity index is 1.94. The molecular weight excluding hydrogens is 304 g/mol. The number of aliphatic hydroxyl groups is 1. The van der Waals surface area contributed by atoms with Crippen molar-refractivity contribution in [2.75, 3.05) is 0 Å². The predicted molar refractivity (Wildman–Crippen MR) is 78.3 cm³/mol. The summed E-state index contributed by atoms with van der Waals surface area (Å²) in [5.41, 5.74) is 3.16. The van der Waals surface area contributed by atoms with Gasteiger partial charge in [-0.05, 0) is 30.2 Å². The van der Waals surface area contributed by atoms with Gasteiger partial charge in [-0.3, -0.25) is 0 Å². The maximum Gasteiger partial charge on any atom is 0.127 e. The SMILES string of the molecule is Cc1ccc(C2C[C@H](O)c3ccccc3O2)cc1Br. The topological polar surface area (TPSA) is 29.5 Å². The molecule has 1 aliphatic heterocycles. The van der Waals surface area contributed by atoms with Crippen LogP contribution in [0.25, 0.3) is 0 Å². The van der Waals surface area contributed by atoms with E-state index < -0.39 is 6.10 Å². The van der Waals surface area contributed by atoms with Crippen molar-refractivity contribution < 1.29 is 9.84 Å². The van der Waals surface area contributed by atoms with E-state index in [0.717, 1.165) is 21.3 Å². The Bertz CT molecular complexity index is 609. The van der Waals surface area contributed by atoms with Crippen molar-refractivity contribution >= 4 is 15.9 Å². The first-order valence-electron chi connectivity index (χ1n) is 6.35. The summed E-state index contributed by atoms with van der Waals surface area (Å²) in [7, 11) is 0. The highest BCUT2D eigenvalue weighted by molar-refractivity contribution is 9.10. The Morgan fingerprint density at radius 1 is 1.21 bits per heavy atom. The lowest BCUT2D eigenvalue weighted by molar-refractivity contribution is 0.0657. The molecule has 1 heterocycles. The zero-order chi connectivity index (χ0) is 13.4. The average molecular weight is 319 g/mol. The Morgan fingerprint density at radius 3 is 2.79 bits per heavy atom. The lowest BCUT2D eigenvalue weighted by Crippen LogP contribution is -2.18. The van der Waals surface area contributed by atoms with E-state index in [-0.39, 0.29) is 6.10 Å². The van der Waals surface area contributed by atoms with Gasteiger partial charge in [0, 0.05) is 16.5 Å². The molecule has 2 aromatic rings. The van der Waals surface area contributed by atoms with Crippen molar-refractivity contribution in [1.82, 2.24) is 0 Å². The second kappa shape index (κ2) is 4.99. The number of aliphatic hydroxyl groups excluding tert-OH is 1. The maximum absolute atomic E-state index is 10.2. The van der Waals surface area contributed by atoms with Gasteiger partial charge in [-0.15, -0.1) is 0 Å². The molecule has 0 aliphatic carbocycles. The summed E-state index contributed by atoms with van der Waals surface area (Å²) in [5.74, 6) is 0.781. The second-order valence-electron chi connectivity index (χ2n) is 4.90. The maximum atomic E-state index is 10.2. The first-order chi connectivity index (χ1) is 9.15. The minimum atomic E-state index is -0.463. The highest BCUT2D eigenvalue weighted by Gasteiger charge is 2.27. The minimum Gasteiger partial charge on any atom is -0.485 e. The number of para-hydroxylation sites is 1. The molecule has 0 saturated carbocycles. The van der Waals surface area contributed by atoms with E-state index in [1.54, 1.807) is 0 Å². The summed E-state index contributed by atoms with van der Waals surface area (Å²) in [4.78, 5) is 0. The minimum absolute atomic E-state index is 0.0956. The molecule has 0 spiro atoms. The van der Waals surface area contributed by atoms with Crippen molar-refractivity contribution in [1.29, 1.82) is 0 Å². The summed E-state index contributed by atoms with van der Waals surface area (Å²) in [5, 5.41) is 10.2. The summed E-state index contributed by atoms with van der Waals surface area (Å²) in [6.45, 7) is 2.06. The van der Waals surface area contributed by atoms with Gasteiger partial charge >= 0.3 is 0 Å². The number of aryl methyl sites for hydroxylation is 1. The molecule has 3 heteroatoms. The van der Waals surface area contributed by atoms with Gasteiger partial charge in [0.05, 0.1) is 6.10 Å². The van der Waals surface area contributed by atoms with Crippen molar-refractivity contribution in [2.24, 2.45) is 0 Å². The molecule has 2 atom stereocenters. The average Bonchev–Trinajstić information content (AvgIpc) is 2.42. The van der Waals surface area contributed by atoms with Crippen molar-refractivity contribution in [3.05, 3.63) is 63.6 Å². The Kier molecular flexibility index (Phi) is 3.33. The summed E-state index contributed by atoms with van der Waals surface area (Å²) in [6, 6.07) is 13.9. The van der Waals surface area contributed by atoms with Gasteiger partial charge < -0.3 is 9.84 Å². The third kappa shape index (κ3) is 2.40. The van der Waals surface area contributed by atoms with Crippen molar-refractivity contribution in [2.45, 2.75) is 25.6 Å². The first-order valence-corrected chi connectivity index (χ1v) is 7.14. The van der Waals surface area contributed by atoms with E-state index in [0.29, 0.717) is 6.42 Å². The number of ether oxygens (including phenoxy) is 1. The molecule has 0 saturated heterocycles. The number of fused-ring (bicyclic) bond motifs is 1. The predicted octanol–water partition coefficient (Wildman–Crippen LogP) is 4.31. The van der Waals surface area contributed by atoms with Gasteiger partial charge in [-0.1, -0.05) is 46.3 Å². The van der Waals surface area contributed by atoms with Crippen LogP contribution in [0, 0.1) is 6.92 Å². The van der Waals surface area contributed by atoms with Crippen LogP contribution in [-0.4, -0.2) is 5.11 Å². The van der Waals surface area contributed by atoms with Crippen LogP contribution >= 0.6 is 15.9 Å². The Labute approximate surface area is 121 Å². The Morgan fingerprint density at radius 2 is 2.00 bits per heavy atom. The van der Waals surface area contributed by atoms with Gasteiger partial charge in [0.1, 0.15) is 11.9 Å². The standard InChI is InChI=1S/C16H15BrO2/c1-10-6-7-11(8-13(10)17)16-9-14(18)12-4-2-3-5-15(12)19-16/h2-8,14,16,18H,9H2,1H3/t14-,16?/m0/s1. The van der Waals surface area contributed by atoms with Crippen LogP contribution in [0.1, 0.15) is 35.3 Å². The molecule has 0 bridgehead atoms. The first kappa shape index (κ1) is 12.7. The largest absolute Gasteiger partial charge is 0.485 e. The normalized spacial score (nSPS) is 21.6. The highest BCUT2D eigenvalue weighted by atomic mass is 79.9. The number of hydrogen-bond acceptors (Lipinski definition) is 2. The molecule has 0 radical (unpaired) electrons. The van der Waals surface area contributed by atoms with E-state index in [2.05, 4.69) is 41.1 Å². The molecule has 0 fully saturated rings. The number of benzene rings is 2. The summed E-state index contributed by atoms with van der Waals surface area (Å²) in [6.07, 6.45) is 0.0313. The molecule has 19 heavy (non-hydrogen) atoms. The monoisotopic (exact) mass is 318 g/mol. The van der Waals surface area contributed by atoms with E-state index in [1.807, 2.05) is 24.3 Å². The fourth-order valence-electron chi connectivity index (χ4n) is 2.41. The quantitative estimate of drug-likeness (QED) is 0.848. The fraction of sp³-hybridized carbons (Fsp3) is 0.250. The van der Waals surface area contributed by atoms with Crippen LogP contribution in [0.2, 0.25) is 0 Å².